The first kappa shape index (κ1) is 24.1. The van der Waals surface area contributed by atoms with Crippen molar-refractivity contribution in [1.82, 2.24) is 4.90 Å². The zero-order valence-corrected chi connectivity index (χ0v) is 19.0. The molecule has 0 aromatic heterocycles. The van der Waals surface area contributed by atoms with Crippen LogP contribution in [0.1, 0.15) is 30.5 Å². The predicted molar refractivity (Wildman–Crippen MR) is 125 cm³/mol. The lowest BCUT2D eigenvalue weighted by atomic mass is 9.95. The number of nitrogens with zero attached hydrogens (tertiary/aromatic N) is 1. The summed E-state index contributed by atoms with van der Waals surface area (Å²) in [5, 5.41) is 11.1. The van der Waals surface area contributed by atoms with E-state index in [2.05, 4.69) is 6.58 Å². The fourth-order valence-electron chi connectivity index (χ4n) is 3.66. The number of hydrogen-bond donors (Lipinski definition) is 1. The first-order chi connectivity index (χ1) is 16.0. The minimum absolute atomic E-state index is 0.0270. The second-order valence-corrected chi connectivity index (χ2v) is 7.53. The summed E-state index contributed by atoms with van der Waals surface area (Å²) in [7, 11) is 1.53. The summed E-state index contributed by atoms with van der Waals surface area (Å²) in [5.41, 5.74) is 1.10. The van der Waals surface area contributed by atoms with Crippen molar-refractivity contribution in [2.75, 3.05) is 33.5 Å². The zero-order valence-electron chi connectivity index (χ0n) is 19.0. The number of aliphatic hydroxyl groups is 1. The van der Waals surface area contributed by atoms with Crippen LogP contribution in [0.15, 0.2) is 66.8 Å². The number of methoxy groups -OCH3 is 1. The number of rotatable bonds is 11. The summed E-state index contributed by atoms with van der Waals surface area (Å²) in [6.45, 7) is 7.01. The van der Waals surface area contributed by atoms with Crippen LogP contribution in [0.5, 0.6) is 11.5 Å². The smallest absolute Gasteiger partial charge is 0.295 e. The summed E-state index contributed by atoms with van der Waals surface area (Å²) in [6, 6.07) is 13.1. The summed E-state index contributed by atoms with van der Waals surface area (Å²) < 4.78 is 16.4. The molecule has 1 aliphatic heterocycles. The molecule has 1 aliphatic rings. The predicted octanol–water partition coefficient (Wildman–Crippen LogP) is 4.11. The van der Waals surface area contributed by atoms with Gasteiger partial charge in [-0.3, -0.25) is 9.59 Å². The molecule has 174 valence electrons. The van der Waals surface area contributed by atoms with Crippen molar-refractivity contribution in [2.24, 2.45) is 0 Å². The van der Waals surface area contributed by atoms with Gasteiger partial charge < -0.3 is 24.2 Å². The Morgan fingerprint density at radius 2 is 1.85 bits per heavy atom. The van der Waals surface area contributed by atoms with Crippen molar-refractivity contribution in [2.45, 2.75) is 19.4 Å². The molecule has 0 aliphatic carbocycles. The van der Waals surface area contributed by atoms with Gasteiger partial charge in [0.1, 0.15) is 23.9 Å². The van der Waals surface area contributed by atoms with E-state index >= 15 is 0 Å². The molecule has 2 aromatic rings. The molecule has 1 amide bonds. The third kappa shape index (κ3) is 5.43. The molecular weight excluding hydrogens is 422 g/mol. The van der Waals surface area contributed by atoms with E-state index in [4.69, 9.17) is 14.2 Å². The van der Waals surface area contributed by atoms with E-state index in [1.807, 2.05) is 6.92 Å². The Bertz CT molecular complexity index is 1030. The van der Waals surface area contributed by atoms with E-state index in [-0.39, 0.29) is 24.5 Å². The molecule has 0 saturated carbocycles. The topological polar surface area (TPSA) is 85.3 Å². The van der Waals surface area contributed by atoms with Gasteiger partial charge >= 0.3 is 0 Å². The maximum absolute atomic E-state index is 13.0. The molecule has 3 rings (SSSR count). The fourth-order valence-corrected chi connectivity index (χ4v) is 3.66. The maximum atomic E-state index is 13.0. The first-order valence-corrected chi connectivity index (χ1v) is 10.9. The van der Waals surface area contributed by atoms with Crippen LogP contribution in [0.3, 0.4) is 0 Å². The first-order valence-electron chi connectivity index (χ1n) is 10.9. The Balaban J connectivity index is 2.05. The summed E-state index contributed by atoms with van der Waals surface area (Å²) in [4.78, 5) is 27.3. The maximum Gasteiger partial charge on any atom is 0.295 e. The van der Waals surface area contributed by atoms with Crippen molar-refractivity contribution in [3.05, 3.63) is 77.9 Å². The molecular formula is C26H29NO6. The van der Waals surface area contributed by atoms with Gasteiger partial charge in [0.05, 0.1) is 24.8 Å². The lowest BCUT2D eigenvalue weighted by Crippen LogP contribution is -2.32. The lowest BCUT2D eigenvalue weighted by Gasteiger charge is -2.25. The highest BCUT2D eigenvalue weighted by Crippen LogP contribution is 2.40. The monoisotopic (exact) mass is 451 g/mol. The molecule has 1 fully saturated rings. The molecule has 1 saturated heterocycles. The summed E-state index contributed by atoms with van der Waals surface area (Å²) in [5.74, 6) is -0.423. The number of benzene rings is 2. The van der Waals surface area contributed by atoms with Gasteiger partial charge in [0.15, 0.2) is 0 Å². The minimum Gasteiger partial charge on any atom is -0.507 e. The molecule has 2 aromatic carbocycles. The van der Waals surface area contributed by atoms with Gasteiger partial charge in [-0.25, -0.2) is 0 Å². The van der Waals surface area contributed by atoms with Crippen molar-refractivity contribution < 1.29 is 28.9 Å². The highest BCUT2D eigenvalue weighted by atomic mass is 16.5. The van der Waals surface area contributed by atoms with Crippen LogP contribution in [-0.2, 0) is 14.3 Å². The molecule has 1 heterocycles. The van der Waals surface area contributed by atoms with Crippen LogP contribution < -0.4 is 9.47 Å². The quantitative estimate of drug-likeness (QED) is 0.240. The van der Waals surface area contributed by atoms with Crippen molar-refractivity contribution in [1.29, 1.82) is 0 Å². The molecule has 1 N–H and O–H groups in total. The van der Waals surface area contributed by atoms with E-state index in [9.17, 15) is 14.7 Å². The number of hydrogen-bond acceptors (Lipinski definition) is 6. The highest BCUT2D eigenvalue weighted by molar-refractivity contribution is 6.46. The SMILES string of the molecule is C=CCOc1cccc(C2/C(=C(\O)c3ccc(OCCC)cc3)C(=O)C(=O)N2CCOC)c1. The Morgan fingerprint density at radius 3 is 2.52 bits per heavy atom. The summed E-state index contributed by atoms with van der Waals surface area (Å²) in [6.07, 6.45) is 2.51. The zero-order chi connectivity index (χ0) is 23.8. The van der Waals surface area contributed by atoms with Crippen molar-refractivity contribution >= 4 is 17.4 Å². The van der Waals surface area contributed by atoms with Crippen LogP contribution >= 0.6 is 0 Å². The van der Waals surface area contributed by atoms with Gasteiger partial charge in [0.25, 0.3) is 11.7 Å². The number of ketones is 1. The molecule has 0 spiro atoms. The number of likely N-dealkylation sites (tertiary alicyclic amines) is 1. The van der Waals surface area contributed by atoms with Crippen LogP contribution in [0.25, 0.3) is 5.76 Å². The average Bonchev–Trinajstić information content (AvgIpc) is 3.09. The van der Waals surface area contributed by atoms with E-state index in [0.29, 0.717) is 35.8 Å². The van der Waals surface area contributed by atoms with Crippen LogP contribution in [0.2, 0.25) is 0 Å². The van der Waals surface area contributed by atoms with Crippen LogP contribution in [0, 0.1) is 0 Å². The van der Waals surface area contributed by atoms with Crippen molar-refractivity contribution in [3.63, 3.8) is 0 Å². The highest BCUT2D eigenvalue weighted by Gasteiger charge is 2.46. The van der Waals surface area contributed by atoms with E-state index < -0.39 is 17.7 Å². The second-order valence-electron chi connectivity index (χ2n) is 7.53. The lowest BCUT2D eigenvalue weighted by molar-refractivity contribution is -0.140. The molecule has 1 atom stereocenters. The van der Waals surface area contributed by atoms with Crippen molar-refractivity contribution in [3.8, 4) is 11.5 Å². The number of aliphatic hydroxyl groups excluding tert-OH is 1. The normalized spacial score (nSPS) is 17.3. The van der Waals surface area contributed by atoms with Gasteiger partial charge in [0, 0.05) is 19.2 Å². The number of amides is 1. The summed E-state index contributed by atoms with van der Waals surface area (Å²) >= 11 is 0. The average molecular weight is 452 g/mol. The van der Waals surface area contributed by atoms with Gasteiger partial charge in [0.2, 0.25) is 0 Å². The number of ether oxygens (including phenoxy) is 3. The van der Waals surface area contributed by atoms with Gasteiger partial charge in [-0.15, -0.1) is 0 Å². The Morgan fingerprint density at radius 1 is 1.09 bits per heavy atom. The van der Waals surface area contributed by atoms with E-state index in [1.165, 1.54) is 12.0 Å². The number of Topliss-reactive ketones (excluding diaryl/α,β-unsaturated/α-hetero) is 1. The van der Waals surface area contributed by atoms with E-state index in [1.54, 1.807) is 54.6 Å². The van der Waals surface area contributed by atoms with Gasteiger partial charge in [-0.2, -0.15) is 0 Å². The van der Waals surface area contributed by atoms with E-state index in [0.717, 1.165) is 6.42 Å². The molecule has 33 heavy (non-hydrogen) atoms. The Hall–Kier alpha value is -3.58. The second kappa shape index (κ2) is 11.3. The molecule has 7 heteroatoms. The third-order valence-electron chi connectivity index (χ3n) is 5.22. The minimum atomic E-state index is -0.775. The van der Waals surface area contributed by atoms with Crippen LogP contribution in [-0.4, -0.2) is 55.2 Å². The Kier molecular flexibility index (Phi) is 8.27. The van der Waals surface area contributed by atoms with Gasteiger partial charge in [-0.1, -0.05) is 31.7 Å². The molecule has 1 unspecified atom stereocenters. The Labute approximate surface area is 193 Å². The van der Waals surface area contributed by atoms with Crippen LogP contribution in [0.4, 0.5) is 0 Å². The van der Waals surface area contributed by atoms with Gasteiger partial charge in [-0.05, 0) is 48.4 Å². The molecule has 0 bridgehead atoms. The largest absolute Gasteiger partial charge is 0.507 e. The molecule has 7 nitrogen and oxygen atoms in total. The number of carbonyl (C=O) groups excluding carboxylic acids is 2. The standard InChI is InChI=1S/C26H29NO6/c1-4-14-32-20-11-9-18(10-12-20)24(28)22-23(27(13-16-31-3)26(30)25(22)29)19-7-6-8-21(17-19)33-15-5-2/h5-12,17,23,28H,2,4,13-16H2,1,3H3/b24-22+. The molecule has 0 radical (unpaired) electrons. The fraction of sp³-hybridized carbons (Fsp3) is 0.308. The third-order valence-corrected chi connectivity index (χ3v) is 5.22. The number of carbonyl (C=O) groups is 2.